The molecule has 0 radical (unpaired) electrons. The molecule has 90 valence electrons. The number of rotatable bonds is 2. The summed E-state index contributed by atoms with van der Waals surface area (Å²) in [5.41, 5.74) is 1.24. The van der Waals surface area contributed by atoms with E-state index in [2.05, 4.69) is 10.3 Å². The number of sulfone groups is 1. The number of pyridine rings is 1. The Hall–Kier alpha value is -1.61. The van der Waals surface area contributed by atoms with Crippen LogP contribution in [0.1, 0.15) is 17.7 Å². The molecule has 1 unspecified atom stereocenters. The fourth-order valence-electron chi connectivity index (χ4n) is 1.86. The highest BCUT2D eigenvalue weighted by Gasteiger charge is 2.28. The molecule has 1 aromatic rings. The van der Waals surface area contributed by atoms with Crippen LogP contribution < -0.4 is 5.32 Å². The lowest BCUT2D eigenvalue weighted by Crippen LogP contribution is -2.22. The molecule has 0 aliphatic carbocycles. The molecule has 1 N–H and O–H groups in total. The Kier molecular flexibility index (Phi) is 3.03. The zero-order valence-corrected chi connectivity index (χ0v) is 10.3. The van der Waals surface area contributed by atoms with Gasteiger partial charge in [0.15, 0.2) is 9.84 Å². The van der Waals surface area contributed by atoms with E-state index in [1.165, 1.54) is 0 Å². The minimum Gasteiger partial charge on any atom is -0.365 e. The van der Waals surface area contributed by atoms with Crippen molar-refractivity contribution >= 4 is 15.7 Å². The van der Waals surface area contributed by atoms with E-state index in [0.717, 1.165) is 5.69 Å². The van der Waals surface area contributed by atoms with Gasteiger partial charge in [0.05, 0.1) is 17.1 Å². The van der Waals surface area contributed by atoms with E-state index in [1.807, 2.05) is 13.0 Å². The molecule has 1 aromatic heterocycles. The second-order valence-electron chi connectivity index (χ2n) is 4.20. The van der Waals surface area contributed by atoms with Crippen LogP contribution in [0.15, 0.2) is 12.1 Å². The van der Waals surface area contributed by atoms with Gasteiger partial charge in [-0.15, -0.1) is 0 Å². The van der Waals surface area contributed by atoms with Crippen LogP contribution in [-0.2, 0) is 9.84 Å². The van der Waals surface area contributed by atoms with Gasteiger partial charge in [-0.1, -0.05) is 0 Å². The third-order valence-electron chi connectivity index (χ3n) is 2.73. The summed E-state index contributed by atoms with van der Waals surface area (Å²) < 4.78 is 22.7. The first-order chi connectivity index (χ1) is 8.00. The molecule has 0 bridgehead atoms. The number of nitriles is 1. The van der Waals surface area contributed by atoms with E-state index in [-0.39, 0.29) is 17.5 Å². The summed E-state index contributed by atoms with van der Waals surface area (Å²) in [6, 6.07) is 5.35. The summed E-state index contributed by atoms with van der Waals surface area (Å²) >= 11 is 0. The van der Waals surface area contributed by atoms with Gasteiger partial charge in [0, 0.05) is 11.7 Å². The fraction of sp³-hybridized carbons (Fsp3) is 0.455. The fourth-order valence-corrected chi connectivity index (χ4v) is 3.53. The average molecular weight is 251 g/mol. The van der Waals surface area contributed by atoms with Crippen LogP contribution in [0, 0.1) is 18.3 Å². The van der Waals surface area contributed by atoms with Crippen molar-refractivity contribution < 1.29 is 8.42 Å². The van der Waals surface area contributed by atoms with Crippen molar-refractivity contribution in [3.05, 3.63) is 23.4 Å². The molecule has 2 rings (SSSR count). The van der Waals surface area contributed by atoms with Crippen LogP contribution in [0.5, 0.6) is 0 Å². The maximum absolute atomic E-state index is 11.3. The molecule has 5 nitrogen and oxygen atoms in total. The van der Waals surface area contributed by atoms with E-state index in [9.17, 15) is 8.42 Å². The van der Waals surface area contributed by atoms with Gasteiger partial charge in [-0.3, -0.25) is 0 Å². The lowest BCUT2D eigenvalue weighted by atomic mass is 10.2. The van der Waals surface area contributed by atoms with Gasteiger partial charge >= 0.3 is 0 Å². The first kappa shape index (κ1) is 11.9. The summed E-state index contributed by atoms with van der Waals surface area (Å²) in [6.07, 6.45) is 0.572. The second kappa shape index (κ2) is 4.34. The topological polar surface area (TPSA) is 82.9 Å². The molecule has 1 aliphatic rings. The molecule has 1 fully saturated rings. The van der Waals surface area contributed by atoms with Crippen molar-refractivity contribution in [2.45, 2.75) is 19.4 Å². The number of hydrogen-bond donors (Lipinski definition) is 1. The zero-order chi connectivity index (χ0) is 12.5. The van der Waals surface area contributed by atoms with E-state index >= 15 is 0 Å². The van der Waals surface area contributed by atoms with E-state index in [4.69, 9.17) is 5.26 Å². The Morgan fingerprint density at radius 2 is 2.29 bits per heavy atom. The molecule has 6 heteroatoms. The minimum atomic E-state index is -2.92. The number of aromatic nitrogens is 1. The summed E-state index contributed by atoms with van der Waals surface area (Å²) in [5.74, 6) is 0.806. The Morgan fingerprint density at radius 1 is 1.53 bits per heavy atom. The SMILES string of the molecule is Cc1ccc(C#N)c(NC2CCS(=O)(=O)C2)n1. The standard InChI is InChI=1S/C11H13N3O2S/c1-8-2-3-9(6-12)11(13-8)14-10-4-5-17(15,16)7-10/h2-3,10H,4-5,7H2,1H3,(H,13,14). The normalized spacial score (nSPS) is 22.0. The molecule has 17 heavy (non-hydrogen) atoms. The van der Waals surface area contributed by atoms with E-state index in [0.29, 0.717) is 17.8 Å². The van der Waals surface area contributed by atoms with E-state index < -0.39 is 9.84 Å². The molecule has 2 heterocycles. The average Bonchev–Trinajstić information content (AvgIpc) is 2.58. The molecule has 0 amide bonds. The summed E-state index contributed by atoms with van der Waals surface area (Å²) in [6.45, 7) is 1.83. The first-order valence-electron chi connectivity index (χ1n) is 5.35. The van der Waals surface area contributed by atoms with Crippen LogP contribution >= 0.6 is 0 Å². The Balaban J connectivity index is 2.20. The first-order valence-corrected chi connectivity index (χ1v) is 7.17. The third kappa shape index (κ3) is 2.74. The quantitative estimate of drug-likeness (QED) is 0.843. The lowest BCUT2D eigenvalue weighted by molar-refractivity contribution is 0.602. The van der Waals surface area contributed by atoms with Crippen LogP contribution in [0.25, 0.3) is 0 Å². The molecule has 0 saturated carbocycles. The van der Waals surface area contributed by atoms with Gasteiger partial charge in [0.1, 0.15) is 11.9 Å². The summed E-state index contributed by atoms with van der Waals surface area (Å²) in [4.78, 5) is 4.23. The molecular weight excluding hydrogens is 238 g/mol. The zero-order valence-electron chi connectivity index (χ0n) is 9.47. The van der Waals surface area contributed by atoms with Gasteiger partial charge in [-0.05, 0) is 25.5 Å². The molecule has 1 atom stereocenters. The highest BCUT2D eigenvalue weighted by Crippen LogP contribution is 2.19. The van der Waals surface area contributed by atoms with Crippen molar-refractivity contribution in [1.82, 2.24) is 4.98 Å². The van der Waals surface area contributed by atoms with Crippen LogP contribution in [-0.4, -0.2) is 30.9 Å². The van der Waals surface area contributed by atoms with E-state index in [1.54, 1.807) is 12.1 Å². The van der Waals surface area contributed by atoms with Crippen LogP contribution in [0.3, 0.4) is 0 Å². The van der Waals surface area contributed by atoms with Crippen molar-refractivity contribution in [3.63, 3.8) is 0 Å². The monoisotopic (exact) mass is 251 g/mol. The van der Waals surface area contributed by atoms with Gasteiger partial charge < -0.3 is 5.32 Å². The second-order valence-corrected chi connectivity index (χ2v) is 6.43. The molecule has 0 aromatic carbocycles. The number of aryl methyl sites for hydroxylation is 1. The van der Waals surface area contributed by atoms with Gasteiger partial charge in [-0.2, -0.15) is 5.26 Å². The molecule has 0 spiro atoms. The van der Waals surface area contributed by atoms with Gasteiger partial charge in [-0.25, -0.2) is 13.4 Å². The highest BCUT2D eigenvalue weighted by atomic mass is 32.2. The summed E-state index contributed by atoms with van der Waals surface area (Å²) in [5, 5.41) is 12.0. The summed E-state index contributed by atoms with van der Waals surface area (Å²) in [7, 11) is -2.92. The Bertz CT molecular complexity index is 575. The van der Waals surface area contributed by atoms with Crippen molar-refractivity contribution in [1.29, 1.82) is 5.26 Å². The maximum Gasteiger partial charge on any atom is 0.152 e. The predicted octanol–water partition coefficient (Wildman–Crippen LogP) is 0.861. The Morgan fingerprint density at radius 3 is 2.88 bits per heavy atom. The molecule has 1 saturated heterocycles. The highest BCUT2D eigenvalue weighted by molar-refractivity contribution is 7.91. The maximum atomic E-state index is 11.3. The van der Waals surface area contributed by atoms with Gasteiger partial charge in [0.25, 0.3) is 0 Å². The predicted molar refractivity (Wildman–Crippen MR) is 64.4 cm³/mol. The van der Waals surface area contributed by atoms with Crippen molar-refractivity contribution in [3.8, 4) is 6.07 Å². The van der Waals surface area contributed by atoms with Crippen LogP contribution in [0.4, 0.5) is 5.82 Å². The lowest BCUT2D eigenvalue weighted by Gasteiger charge is -2.12. The largest absolute Gasteiger partial charge is 0.365 e. The van der Waals surface area contributed by atoms with Crippen LogP contribution in [0.2, 0.25) is 0 Å². The molecule has 1 aliphatic heterocycles. The van der Waals surface area contributed by atoms with Crippen molar-refractivity contribution in [2.75, 3.05) is 16.8 Å². The van der Waals surface area contributed by atoms with Crippen molar-refractivity contribution in [2.24, 2.45) is 0 Å². The number of nitrogens with zero attached hydrogens (tertiary/aromatic N) is 2. The van der Waals surface area contributed by atoms with Gasteiger partial charge in [0.2, 0.25) is 0 Å². The Labute approximate surface area is 100 Å². The number of anilines is 1. The smallest absolute Gasteiger partial charge is 0.152 e. The number of hydrogen-bond acceptors (Lipinski definition) is 5. The minimum absolute atomic E-state index is 0.119. The number of nitrogens with one attached hydrogen (secondary N) is 1. The molecular formula is C11H13N3O2S. The third-order valence-corrected chi connectivity index (χ3v) is 4.50.